The molecule has 0 saturated carbocycles. The molecule has 0 aliphatic heterocycles. The van der Waals surface area contributed by atoms with E-state index in [1.54, 1.807) is 78.9 Å². The summed E-state index contributed by atoms with van der Waals surface area (Å²) >= 11 is 1.29. The van der Waals surface area contributed by atoms with Crippen molar-refractivity contribution in [2.45, 2.75) is 10.1 Å². The Labute approximate surface area is 274 Å². The van der Waals surface area contributed by atoms with Crippen molar-refractivity contribution in [1.82, 2.24) is 5.32 Å². The van der Waals surface area contributed by atoms with E-state index in [2.05, 4.69) is 16.0 Å². The fourth-order valence-electron chi connectivity index (χ4n) is 4.53. The highest BCUT2D eigenvalue weighted by Crippen LogP contribution is 2.37. The number of anilines is 2. The first-order valence-corrected chi connectivity index (χ1v) is 15.3. The number of carbonyl (C=O) groups excluding carboxylic acids is 4. The summed E-state index contributed by atoms with van der Waals surface area (Å²) in [5.41, 5.74) is 8.03. The zero-order valence-electron chi connectivity index (χ0n) is 24.9. The number of para-hydroxylation sites is 1. The zero-order valence-corrected chi connectivity index (χ0v) is 25.7. The standard InChI is InChI=1S/C37H29FN4O4S/c38-27-17-15-24(16-18-27)23-32(42-35(44)26-11-5-2-6-12-26)36(45)40-28-19-21-29(22-20-28)47-33(25-9-3-1-4-10-25)37(46)41-31-14-8-7-13-30(31)34(39)43/h1-23,33H,(H2,39,43)(H,40,45)(H,41,46)(H,42,44)/b32-23-. The molecule has 5 aromatic carbocycles. The van der Waals surface area contributed by atoms with E-state index >= 15 is 0 Å². The van der Waals surface area contributed by atoms with Gasteiger partial charge >= 0.3 is 0 Å². The Morgan fingerprint density at radius 1 is 0.702 bits per heavy atom. The molecule has 0 aliphatic carbocycles. The molecule has 0 radical (unpaired) electrons. The Bertz CT molecular complexity index is 1920. The second-order valence-corrected chi connectivity index (χ2v) is 11.4. The lowest BCUT2D eigenvalue weighted by atomic mass is 10.1. The molecule has 8 nitrogen and oxygen atoms in total. The predicted octanol–water partition coefficient (Wildman–Crippen LogP) is 6.81. The van der Waals surface area contributed by atoms with Crippen molar-refractivity contribution in [1.29, 1.82) is 0 Å². The van der Waals surface area contributed by atoms with Crippen molar-refractivity contribution in [3.8, 4) is 0 Å². The number of rotatable bonds is 11. The molecule has 5 aromatic rings. The Hall–Kier alpha value is -6.00. The van der Waals surface area contributed by atoms with Crippen molar-refractivity contribution < 1.29 is 23.6 Å². The zero-order chi connectivity index (χ0) is 33.2. The summed E-state index contributed by atoms with van der Waals surface area (Å²) in [6.07, 6.45) is 1.46. The third-order valence-corrected chi connectivity index (χ3v) is 8.13. The van der Waals surface area contributed by atoms with Crippen LogP contribution in [-0.4, -0.2) is 23.6 Å². The first-order valence-electron chi connectivity index (χ1n) is 14.4. The van der Waals surface area contributed by atoms with Gasteiger partial charge in [-0.2, -0.15) is 0 Å². The minimum atomic E-state index is -0.684. The SMILES string of the molecule is NC(=O)c1ccccc1NC(=O)C(Sc1ccc(NC(=O)/C(=C/c2ccc(F)cc2)NC(=O)c2ccccc2)cc1)c1ccccc1. The molecule has 0 bridgehead atoms. The summed E-state index contributed by atoms with van der Waals surface area (Å²) in [6.45, 7) is 0. The number of hydrogen-bond donors (Lipinski definition) is 4. The molecule has 0 aliphatic rings. The van der Waals surface area contributed by atoms with Gasteiger partial charge < -0.3 is 21.7 Å². The lowest BCUT2D eigenvalue weighted by molar-refractivity contribution is -0.116. The molecule has 1 unspecified atom stereocenters. The number of amides is 4. The summed E-state index contributed by atoms with van der Waals surface area (Å²) in [5, 5.41) is 7.59. The van der Waals surface area contributed by atoms with E-state index in [4.69, 9.17) is 5.73 Å². The van der Waals surface area contributed by atoms with E-state index in [-0.39, 0.29) is 17.2 Å². The summed E-state index contributed by atoms with van der Waals surface area (Å²) in [7, 11) is 0. The van der Waals surface area contributed by atoms with Gasteiger partial charge in [-0.3, -0.25) is 19.2 Å². The molecule has 5 rings (SSSR count). The monoisotopic (exact) mass is 644 g/mol. The van der Waals surface area contributed by atoms with Crippen LogP contribution in [0.25, 0.3) is 6.08 Å². The largest absolute Gasteiger partial charge is 0.366 e. The molecule has 234 valence electrons. The van der Waals surface area contributed by atoms with Crippen molar-refractivity contribution in [3.05, 3.63) is 167 Å². The number of nitrogens with two attached hydrogens (primary N) is 1. The number of carbonyl (C=O) groups is 4. The van der Waals surface area contributed by atoms with Crippen LogP contribution in [0.5, 0.6) is 0 Å². The van der Waals surface area contributed by atoms with Crippen LogP contribution >= 0.6 is 11.8 Å². The lowest BCUT2D eigenvalue weighted by Crippen LogP contribution is -2.30. The van der Waals surface area contributed by atoms with E-state index < -0.39 is 28.8 Å². The molecule has 0 fully saturated rings. The van der Waals surface area contributed by atoms with Crippen molar-refractivity contribution in [3.63, 3.8) is 0 Å². The highest BCUT2D eigenvalue weighted by atomic mass is 32.2. The molecular weight excluding hydrogens is 615 g/mol. The number of halogens is 1. The first kappa shape index (κ1) is 32.4. The van der Waals surface area contributed by atoms with Gasteiger partial charge in [0, 0.05) is 16.1 Å². The van der Waals surface area contributed by atoms with E-state index in [1.807, 2.05) is 30.3 Å². The van der Waals surface area contributed by atoms with Gasteiger partial charge in [-0.25, -0.2) is 4.39 Å². The van der Waals surface area contributed by atoms with Crippen LogP contribution in [0.4, 0.5) is 15.8 Å². The maximum Gasteiger partial charge on any atom is 0.272 e. The third kappa shape index (κ3) is 8.80. The van der Waals surface area contributed by atoms with Gasteiger partial charge in [0.25, 0.3) is 17.7 Å². The predicted molar refractivity (Wildman–Crippen MR) is 182 cm³/mol. The summed E-state index contributed by atoms with van der Waals surface area (Å²) in [5.74, 6) is -2.50. The van der Waals surface area contributed by atoms with Crippen LogP contribution in [0.2, 0.25) is 0 Å². The minimum Gasteiger partial charge on any atom is -0.366 e. The Kier molecular flexibility index (Phi) is 10.6. The van der Waals surface area contributed by atoms with Crippen LogP contribution < -0.4 is 21.7 Å². The Morgan fingerprint density at radius 3 is 1.98 bits per heavy atom. The minimum absolute atomic E-state index is 0.0408. The second kappa shape index (κ2) is 15.3. The molecule has 4 amide bonds. The third-order valence-electron chi connectivity index (χ3n) is 6.87. The Morgan fingerprint density at radius 2 is 1.32 bits per heavy atom. The molecular formula is C37H29FN4O4S. The van der Waals surface area contributed by atoms with Crippen LogP contribution in [-0.2, 0) is 9.59 Å². The number of hydrogen-bond acceptors (Lipinski definition) is 5. The van der Waals surface area contributed by atoms with Crippen LogP contribution in [0, 0.1) is 5.82 Å². The van der Waals surface area contributed by atoms with Crippen molar-refractivity contribution >= 4 is 52.8 Å². The maximum absolute atomic E-state index is 13.5. The van der Waals surface area contributed by atoms with Gasteiger partial charge in [0.15, 0.2) is 0 Å². The highest BCUT2D eigenvalue weighted by Gasteiger charge is 2.24. The molecule has 0 saturated heterocycles. The Balaban J connectivity index is 1.33. The number of benzene rings is 5. The second-order valence-electron chi connectivity index (χ2n) is 10.2. The van der Waals surface area contributed by atoms with Crippen LogP contribution in [0.15, 0.2) is 144 Å². The van der Waals surface area contributed by atoms with Crippen molar-refractivity contribution in [2.24, 2.45) is 5.73 Å². The summed E-state index contributed by atoms with van der Waals surface area (Å²) in [6, 6.07) is 36.5. The lowest BCUT2D eigenvalue weighted by Gasteiger charge is -2.18. The molecule has 10 heteroatoms. The van der Waals surface area contributed by atoms with Gasteiger partial charge in [0.1, 0.15) is 16.8 Å². The molecule has 0 spiro atoms. The van der Waals surface area contributed by atoms with Crippen molar-refractivity contribution in [2.75, 3.05) is 10.6 Å². The van der Waals surface area contributed by atoms with Gasteiger partial charge in [-0.15, -0.1) is 11.8 Å². The normalized spacial score (nSPS) is 11.6. The molecule has 47 heavy (non-hydrogen) atoms. The van der Waals surface area contributed by atoms with E-state index in [9.17, 15) is 23.6 Å². The number of thioether (sulfide) groups is 1. The smallest absolute Gasteiger partial charge is 0.272 e. The maximum atomic E-state index is 13.5. The molecule has 1 atom stereocenters. The van der Waals surface area contributed by atoms with E-state index in [0.29, 0.717) is 22.5 Å². The first-order chi connectivity index (χ1) is 22.8. The number of nitrogens with one attached hydrogen (secondary N) is 3. The van der Waals surface area contributed by atoms with E-state index in [0.717, 1.165) is 10.5 Å². The summed E-state index contributed by atoms with van der Waals surface area (Å²) in [4.78, 5) is 52.4. The fourth-order valence-corrected chi connectivity index (χ4v) is 5.55. The highest BCUT2D eigenvalue weighted by molar-refractivity contribution is 8.00. The fraction of sp³-hybridized carbons (Fsp3) is 0.0270. The van der Waals surface area contributed by atoms with Gasteiger partial charge in [-0.05, 0) is 77.9 Å². The quantitative estimate of drug-likeness (QED) is 0.0928. The van der Waals surface area contributed by atoms with Gasteiger partial charge in [0.2, 0.25) is 5.91 Å². The molecule has 0 aromatic heterocycles. The molecule has 5 N–H and O–H groups in total. The van der Waals surface area contributed by atoms with Gasteiger partial charge in [-0.1, -0.05) is 72.8 Å². The van der Waals surface area contributed by atoms with Crippen LogP contribution in [0.1, 0.15) is 37.1 Å². The van der Waals surface area contributed by atoms with E-state index in [1.165, 1.54) is 42.1 Å². The van der Waals surface area contributed by atoms with Gasteiger partial charge in [0.05, 0.1) is 11.3 Å². The summed E-state index contributed by atoms with van der Waals surface area (Å²) < 4.78 is 13.5. The molecule has 0 heterocycles. The number of primary amides is 1. The average molecular weight is 645 g/mol. The topological polar surface area (TPSA) is 130 Å². The van der Waals surface area contributed by atoms with Crippen LogP contribution in [0.3, 0.4) is 0 Å². The average Bonchev–Trinajstić information content (AvgIpc) is 3.09.